The fourth-order valence-corrected chi connectivity index (χ4v) is 0.926. The van der Waals surface area contributed by atoms with Gasteiger partial charge in [0.05, 0.1) is 37.6 Å². The van der Waals surface area contributed by atoms with Crippen molar-refractivity contribution in [3.05, 3.63) is 0 Å². The van der Waals surface area contributed by atoms with Gasteiger partial charge in [0.2, 0.25) is 0 Å². The van der Waals surface area contributed by atoms with Gasteiger partial charge in [0.25, 0.3) is 0 Å². The Morgan fingerprint density at radius 3 is 1.26 bits per heavy atom. The molecule has 0 rings (SSSR count). The minimum atomic E-state index is -0.842. The molecule has 8 N–H and O–H groups in total. The number of hydrogen-bond donors (Lipinski definition) is 4. The Morgan fingerprint density at radius 1 is 0.826 bits per heavy atom. The molecule has 0 saturated carbocycles. The van der Waals surface area contributed by atoms with Crippen LogP contribution in [0.25, 0.3) is 0 Å². The monoisotopic (exact) mass is 334 g/mol. The molecule has 0 aromatic heterocycles. The summed E-state index contributed by atoms with van der Waals surface area (Å²) < 4.78 is 0. The molecular formula is C14H30N4O5. The van der Waals surface area contributed by atoms with Gasteiger partial charge in [-0.25, -0.2) is 0 Å². The molecule has 0 fully saturated rings. The summed E-state index contributed by atoms with van der Waals surface area (Å²) in [6.07, 6.45) is 0.0981. The lowest BCUT2D eigenvalue weighted by atomic mass is 10.2. The second-order valence-corrected chi connectivity index (χ2v) is 5.21. The van der Waals surface area contributed by atoms with Crippen LogP contribution in [0.5, 0.6) is 0 Å². The molecule has 136 valence electrons. The fraction of sp³-hybridized carbons (Fsp3) is 0.714. The molecule has 0 aliphatic heterocycles. The van der Waals surface area contributed by atoms with Crippen LogP contribution in [0, 0.1) is 11.8 Å². The first-order valence-corrected chi connectivity index (χ1v) is 7.11. The third-order valence-corrected chi connectivity index (χ3v) is 2.42. The molecule has 0 aromatic carbocycles. The normalized spacial score (nSPS) is 11.6. The number of rotatable bonds is 8. The summed E-state index contributed by atoms with van der Waals surface area (Å²) in [5.41, 5.74) is 10.9. The summed E-state index contributed by atoms with van der Waals surface area (Å²) >= 11 is 0. The Hall–Kier alpha value is -2.16. The van der Waals surface area contributed by atoms with Crippen LogP contribution in [-0.4, -0.2) is 52.4 Å². The van der Waals surface area contributed by atoms with Gasteiger partial charge in [-0.3, -0.25) is 19.6 Å². The van der Waals surface area contributed by atoms with Crippen LogP contribution < -0.4 is 11.5 Å². The molecule has 9 heteroatoms. The second-order valence-electron chi connectivity index (χ2n) is 5.21. The van der Waals surface area contributed by atoms with E-state index >= 15 is 0 Å². The Morgan fingerprint density at radius 2 is 1.09 bits per heavy atom. The van der Waals surface area contributed by atoms with E-state index in [2.05, 4.69) is 9.98 Å². The number of carboxylic acid groups (broad SMARTS) is 2. The average Bonchev–Trinajstić information content (AvgIpc) is 2.38. The van der Waals surface area contributed by atoms with E-state index in [-0.39, 0.29) is 43.2 Å². The lowest BCUT2D eigenvalue weighted by molar-refractivity contribution is -0.137. The molecule has 0 saturated heterocycles. The van der Waals surface area contributed by atoms with Crippen molar-refractivity contribution in [3.8, 4) is 0 Å². The van der Waals surface area contributed by atoms with Crippen LogP contribution >= 0.6 is 0 Å². The van der Waals surface area contributed by atoms with Gasteiger partial charge in [-0.05, 0) is 0 Å². The average molecular weight is 334 g/mol. The maximum atomic E-state index is 10.0. The molecule has 0 heterocycles. The zero-order valence-corrected chi connectivity index (χ0v) is 14.2. The fourth-order valence-electron chi connectivity index (χ4n) is 0.926. The second kappa shape index (κ2) is 14.8. The van der Waals surface area contributed by atoms with E-state index in [4.69, 9.17) is 21.7 Å². The van der Waals surface area contributed by atoms with Crippen molar-refractivity contribution in [2.24, 2.45) is 33.3 Å². The molecule has 0 aliphatic rings. The van der Waals surface area contributed by atoms with Crippen LogP contribution in [0.2, 0.25) is 0 Å². The van der Waals surface area contributed by atoms with E-state index in [9.17, 15) is 9.59 Å². The number of hydrogen-bond acceptors (Lipinski definition) is 4. The van der Waals surface area contributed by atoms with Gasteiger partial charge < -0.3 is 27.2 Å². The molecule has 0 aliphatic carbocycles. The molecular weight excluding hydrogens is 304 g/mol. The van der Waals surface area contributed by atoms with Crippen LogP contribution in [0.15, 0.2) is 9.98 Å². The van der Waals surface area contributed by atoms with Gasteiger partial charge in [-0.1, -0.05) is 27.7 Å². The van der Waals surface area contributed by atoms with Crippen molar-refractivity contribution < 1.29 is 25.3 Å². The largest absolute Gasteiger partial charge is 0.481 e. The molecule has 23 heavy (non-hydrogen) atoms. The van der Waals surface area contributed by atoms with Gasteiger partial charge >= 0.3 is 11.9 Å². The van der Waals surface area contributed by atoms with Crippen LogP contribution in [0.3, 0.4) is 0 Å². The Bertz CT molecular complexity index is 368. The molecule has 0 radical (unpaired) electrons. The molecule has 0 amide bonds. The number of amidine groups is 2. The Kier molecular flexibility index (Phi) is 16.5. The molecule has 0 bridgehead atoms. The van der Waals surface area contributed by atoms with Gasteiger partial charge in [-0.2, -0.15) is 0 Å². The van der Waals surface area contributed by atoms with Gasteiger partial charge in [-0.15, -0.1) is 0 Å². The Labute approximate surface area is 136 Å². The van der Waals surface area contributed by atoms with E-state index < -0.39 is 11.9 Å². The number of aliphatic carboxylic acids is 2. The highest BCUT2D eigenvalue weighted by Crippen LogP contribution is 1.92. The molecule has 0 unspecified atom stereocenters. The van der Waals surface area contributed by atoms with Gasteiger partial charge in [0.1, 0.15) is 0 Å². The van der Waals surface area contributed by atoms with E-state index in [1.165, 1.54) is 0 Å². The number of nitrogens with zero attached hydrogens (tertiary/aromatic N) is 2. The van der Waals surface area contributed by atoms with Gasteiger partial charge in [0.15, 0.2) is 0 Å². The molecule has 0 atom stereocenters. The maximum absolute atomic E-state index is 10.0. The third-order valence-electron chi connectivity index (χ3n) is 2.42. The van der Waals surface area contributed by atoms with Crippen LogP contribution in [-0.2, 0) is 9.59 Å². The number of aliphatic imine (C=N–C) groups is 2. The highest BCUT2D eigenvalue weighted by Gasteiger charge is 2.00. The SMILES string of the molecule is CC(C)C(N)=NCCC(=O)O.CC(C)C(N)=NCCC(=O)O.O. The first-order valence-electron chi connectivity index (χ1n) is 7.11. The summed E-state index contributed by atoms with van der Waals surface area (Å²) in [6.45, 7) is 8.22. The zero-order valence-electron chi connectivity index (χ0n) is 14.2. The molecule has 0 aromatic rings. The van der Waals surface area contributed by atoms with Gasteiger partial charge in [0, 0.05) is 11.8 Å². The van der Waals surface area contributed by atoms with Crippen molar-refractivity contribution in [2.45, 2.75) is 40.5 Å². The smallest absolute Gasteiger partial charge is 0.305 e. The first-order chi connectivity index (χ1) is 10.1. The predicted molar refractivity (Wildman–Crippen MR) is 90.8 cm³/mol. The van der Waals surface area contributed by atoms with Crippen molar-refractivity contribution in [3.63, 3.8) is 0 Å². The maximum Gasteiger partial charge on any atom is 0.305 e. The summed E-state index contributed by atoms with van der Waals surface area (Å²) in [5.74, 6) is -0.249. The number of nitrogens with two attached hydrogens (primary N) is 2. The quantitative estimate of drug-likeness (QED) is 0.361. The van der Waals surface area contributed by atoms with E-state index in [0.29, 0.717) is 11.7 Å². The highest BCUT2D eigenvalue weighted by atomic mass is 16.4. The minimum Gasteiger partial charge on any atom is -0.481 e. The Balaban J connectivity index is -0.000000333. The first kappa shape index (κ1) is 25.8. The predicted octanol–water partition coefficient (Wildman–Crippen LogP) is 0.124. The van der Waals surface area contributed by atoms with E-state index in [1.807, 2.05) is 27.7 Å². The molecule has 9 nitrogen and oxygen atoms in total. The van der Waals surface area contributed by atoms with E-state index in [1.54, 1.807) is 0 Å². The van der Waals surface area contributed by atoms with Crippen LogP contribution in [0.4, 0.5) is 0 Å². The summed E-state index contributed by atoms with van der Waals surface area (Å²) in [6, 6.07) is 0. The topological polar surface area (TPSA) is 183 Å². The summed E-state index contributed by atoms with van der Waals surface area (Å²) in [5, 5.41) is 16.5. The lowest BCUT2D eigenvalue weighted by Gasteiger charge is -2.01. The minimum absolute atomic E-state index is 0. The zero-order chi connectivity index (χ0) is 17.7. The van der Waals surface area contributed by atoms with Crippen molar-refractivity contribution in [2.75, 3.05) is 13.1 Å². The van der Waals surface area contributed by atoms with Crippen molar-refractivity contribution >= 4 is 23.6 Å². The van der Waals surface area contributed by atoms with Crippen molar-refractivity contribution in [1.82, 2.24) is 0 Å². The third kappa shape index (κ3) is 19.8. The lowest BCUT2D eigenvalue weighted by Crippen LogP contribution is -2.19. The summed E-state index contributed by atoms with van der Waals surface area (Å²) in [7, 11) is 0. The summed E-state index contributed by atoms with van der Waals surface area (Å²) in [4.78, 5) is 27.8. The highest BCUT2D eigenvalue weighted by molar-refractivity contribution is 5.82. The van der Waals surface area contributed by atoms with Crippen molar-refractivity contribution in [1.29, 1.82) is 0 Å². The standard InChI is InChI=1S/2C7H14N2O2.H2O/c2*1-5(2)7(8)9-4-3-6(10)11;/h2*5H,3-4H2,1-2H3,(H2,8,9)(H,10,11);1H2. The number of carboxylic acids is 2. The van der Waals surface area contributed by atoms with Crippen LogP contribution in [0.1, 0.15) is 40.5 Å². The van der Waals surface area contributed by atoms with E-state index in [0.717, 1.165) is 0 Å². The molecule has 0 spiro atoms. The number of carbonyl (C=O) groups is 2.